The summed E-state index contributed by atoms with van der Waals surface area (Å²) in [6.45, 7) is -1.83. The Hall–Kier alpha value is -2.23. The Kier molecular flexibility index (Phi) is 11.0. The summed E-state index contributed by atoms with van der Waals surface area (Å²) in [5.74, 6) is -1.03. The predicted octanol–water partition coefficient (Wildman–Crippen LogP) is 4.75. The van der Waals surface area contributed by atoms with Crippen molar-refractivity contribution in [2.75, 3.05) is 33.1 Å². The van der Waals surface area contributed by atoms with Crippen LogP contribution in [-0.2, 0) is 45.8 Å². The van der Waals surface area contributed by atoms with Gasteiger partial charge in [-0.15, -0.1) is 0 Å². The summed E-state index contributed by atoms with van der Waals surface area (Å²) in [7, 11) is -3.44. The maximum atomic E-state index is 12.8. The third-order valence-electron chi connectivity index (χ3n) is 4.18. The maximum Gasteiger partial charge on any atom is 0.412 e. The molecule has 0 radical (unpaired) electrons. The third kappa shape index (κ3) is 11.5. The highest BCUT2D eigenvalue weighted by Gasteiger charge is 2.37. The molecule has 0 amide bonds. The molecule has 182 valence electrons. The van der Waals surface area contributed by atoms with E-state index in [-0.39, 0.29) is 19.8 Å². The van der Waals surface area contributed by atoms with E-state index in [1.807, 2.05) is 60.7 Å². The van der Waals surface area contributed by atoms with Crippen LogP contribution in [0.2, 0.25) is 0 Å². The molecule has 0 heterocycles. The van der Waals surface area contributed by atoms with Crippen LogP contribution in [0.4, 0.5) is 13.2 Å². The fourth-order valence-corrected chi connectivity index (χ4v) is 3.97. The molecule has 7 nitrogen and oxygen atoms in total. The van der Waals surface area contributed by atoms with E-state index in [1.165, 1.54) is 0 Å². The minimum absolute atomic E-state index is 0.000771. The van der Waals surface area contributed by atoms with Crippen LogP contribution in [0.5, 0.6) is 0 Å². The summed E-state index contributed by atoms with van der Waals surface area (Å²) in [5, 5.41) is 0. The number of methoxy groups -OCH3 is 1. The number of carbonyl (C=O) groups is 1. The fourth-order valence-electron chi connectivity index (χ4n) is 2.53. The second-order valence-corrected chi connectivity index (χ2v) is 9.00. The van der Waals surface area contributed by atoms with E-state index in [0.717, 1.165) is 18.2 Å². The van der Waals surface area contributed by atoms with Gasteiger partial charge in [0.15, 0.2) is 6.61 Å². The number of halogens is 3. The van der Waals surface area contributed by atoms with Crippen molar-refractivity contribution in [3.63, 3.8) is 0 Å². The van der Waals surface area contributed by atoms with Gasteiger partial charge in [0.1, 0.15) is 12.3 Å². The molecule has 33 heavy (non-hydrogen) atoms. The number of carbonyl (C=O) groups excluding carboxylic acids is 1. The number of rotatable bonds is 14. The SMILES string of the molecule is COC(=O)CP(=O)(OC[C@@H](COCc1ccccc1)OCc1ccccc1)OCC(F)(F)F. The molecule has 0 aliphatic carbocycles. The number of ether oxygens (including phenoxy) is 3. The molecule has 0 spiro atoms. The first-order valence-corrected chi connectivity index (χ1v) is 11.7. The number of hydrogen-bond acceptors (Lipinski definition) is 7. The molecule has 0 saturated carbocycles. The molecule has 2 aromatic rings. The first-order chi connectivity index (χ1) is 15.7. The average molecular weight is 490 g/mol. The van der Waals surface area contributed by atoms with Crippen molar-refractivity contribution in [3.05, 3.63) is 71.8 Å². The van der Waals surface area contributed by atoms with E-state index in [4.69, 9.17) is 14.0 Å². The smallest absolute Gasteiger partial charge is 0.412 e. The lowest BCUT2D eigenvalue weighted by atomic mass is 10.2. The van der Waals surface area contributed by atoms with Crippen molar-refractivity contribution in [2.24, 2.45) is 0 Å². The van der Waals surface area contributed by atoms with Crippen LogP contribution in [0.25, 0.3) is 0 Å². The maximum absolute atomic E-state index is 12.8. The van der Waals surface area contributed by atoms with Crippen molar-refractivity contribution >= 4 is 13.6 Å². The van der Waals surface area contributed by atoms with Gasteiger partial charge in [0.2, 0.25) is 0 Å². The van der Waals surface area contributed by atoms with Crippen molar-refractivity contribution in [1.82, 2.24) is 0 Å². The second kappa shape index (κ2) is 13.5. The molecular weight excluding hydrogens is 464 g/mol. The summed E-state index contributed by atoms with van der Waals surface area (Å²) >= 11 is 0. The molecule has 11 heteroatoms. The number of esters is 1. The van der Waals surface area contributed by atoms with E-state index in [9.17, 15) is 22.5 Å². The normalized spacial score (nSPS) is 14.4. The van der Waals surface area contributed by atoms with Gasteiger partial charge in [-0.05, 0) is 11.1 Å². The van der Waals surface area contributed by atoms with E-state index in [0.29, 0.717) is 0 Å². The van der Waals surface area contributed by atoms with Gasteiger partial charge in [-0.3, -0.25) is 13.9 Å². The van der Waals surface area contributed by atoms with Crippen LogP contribution < -0.4 is 0 Å². The summed E-state index contributed by atoms with van der Waals surface area (Å²) in [4.78, 5) is 11.5. The highest BCUT2D eigenvalue weighted by atomic mass is 31.2. The zero-order valence-electron chi connectivity index (χ0n) is 18.0. The van der Waals surface area contributed by atoms with Gasteiger partial charge in [0.25, 0.3) is 0 Å². The first kappa shape index (κ1) is 27.0. The van der Waals surface area contributed by atoms with Crippen LogP contribution in [0.3, 0.4) is 0 Å². The molecule has 2 rings (SSSR count). The predicted molar refractivity (Wildman–Crippen MR) is 114 cm³/mol. The second-order valence-electron chi connectivity index (χ2n) is 6.95. The van der Waals surface area contributed by atoms with Crippen molar-refractivity contribution in [2.45, 2.75) is 25.5 Å². The Morgan fingerprint density at radius 3 is 2.03 bits per heavy atom. The third-order valence-corrected chi connectivity index (χ3v) is 5.89. The Bertz CT molecular complexity index is 879. The van der Waals surface area contributed by atoms with E-state index in [1.54, 1.807) is 0 Å². The molecule has 0 fully saturated rings. The first-order valence-electron chi connectivity index (χ1n) is 9.98. The monoisotopic (exact) mass is 490 g/mol. The zero-order valence-corrected chi connectivity index (χ0v) is 18.9. The van der Waals surface area contributed by atoms with Crippen molar-refractivity contribution < 1.29 is 45.8 Å². The number of hydrogen-bond donors (Lipinski definition) is 0. The molecule has 2 atom stereocenters. The number of alkyl halides is 3. The van der Waals surface area contributed by atoms with Gasteiger partial charge >= 0.3 is 19.7 Å². The average Bonchev–Trinajstić information content (AvgIpc) is 2.80. The fraction of sp³-hybridized carbons (Fsp3) is 0.409. The van der Waals surface area contributed by atoms with Crippen LogP contribution in [0, 0.1) is 0 Å². The van der Waals surface area contributed by atoms with Gasteiger partial charge in [0, 0.05) is 0 Å². The van der Waals surface area contributed by atoms with Crippen LogP contribution in [-0.4, -0.2) is 51.3 Å². The lowest BCUT2D eigenvalue weighted by molar-refractivity contribution is -0.156. The molecule has 0 aliphatic rings. The lowest BCUT2D eigenvalue weighted by Crippen LogP contribution is -2.27. The molecule has 0 bridgehead atoms. The molecular formula is C22H26F3O7P. The summed E-state index contributed by atoms with van der Waals surface area (Å²) in [6, 6.07) is 18.5. The lowest BCUT2D eigenvalue weighted by Gasteiger charge is -2.23. The molecule has 2 aromatic carbocycles. The minimum atomic E-state index is -4.75. The molecule has 0 aliphatic heterocycles. The Morgan fingerprint density at radius 1 is 0.909 bits per heavy atom. The van der Waals surface area contributed by atoms with Gasteiger partial charge in [-0.2, -0.15) is 13.2 Å². The van der Waals surface area contributed by atoms with Crippen molar-refractivity contribution in [1.29, 1.82) is 0 Å². The Balaban J connectivity index is 2.01. The number of benzene rings is 2. The summed E-state index contributed by atoms with van der Waals surface area (Å²) in [5.41, 5.74) is 1.75. The van der Waals surface area contributed by atoms with E-state index < -0.39 is 45.2 Å². The highest BCUT2D eigenvalue weighted by Crippen LogP contribution is 2.49. The molecule has 1 unspecified atom stereocenters. The van der Waals surface area contributed by atoms with Crippen LogP contribution in [0.1, 0.15) is 11.1 Å². The minimum Gasteiger partial charge on any atom is -0.469 e. The Labute approximate surface area is 190 Å². The Morgan fingerprint density at radius 2 is 1.48 bits per heavy atom. The van der Waals surface area contributed by atoms with Crippen molar-refractivity contribution in [3.8, 4) is 0 Å². The summed E-state index contributed by atoms with van der Waals surface area (Å²) < 4.78 is 76.0. The molecule has 0 N–H and O–H groups in total. The summed E-state index contributed by atoms with van der Waals surface area (Å²) in [6.07, 6.45) is -6.51. The topological polar surface area (TPSA) is 80.3 Å². The standard InChI is InChI=1S/C22H26F3O7P/c1-28-21(26)16-33(27,32-17-22(23,24)25)31-15-20(30-13-19-10-6-3-7-11-19)14-29-12-18-8-4-2-5-9-18/h2-11,20H,12-17H2,1H3/t20-,33?/m1/s1. The highest BCUT2D eigenvalue weighted by molar-refractivity contribution is 7.54. The van der Waals surface area contributed by atoms with E-state index >= 15 is 0 Å². The zero-order chi connectivity index (χ0) is 24.2. The molecule has 0 saturated heterocycles. The van der Waals surface area contributed by atoms with Gasteiger partial charge in [-0.1, -0.05) is 60.7 Å². The molecule has 0 aromatic heterocycles. The largest absolute Gasteiger partial charge is 0.469 e. The van der Waals surface area contributed by atoms with Crippen LogP contribution >= 0.6 is 7.60 Å². The van der Waals surface area contributed by atoms with Gasteiger partial charge in [0.05, 0.1) is 33.5 Å². The van der Waals surface area contributed by atoms with E-state index in [2.05, 4.69) is 9.26 Å². The van der Waals surface area contributed by atoms with Gasteiger partial charge < -0.3 is 18.7 Å². The van der Waals surface area contributed by atoms with Gasteiger partial charge in [-0.25, -0.2) is 0 Å². The van der Waals surface area contributed by atoms with Crippen LogP contribution in [0.15, 0.2) is 60.7 Å². The quantitative estimate of drug-likeness (QED) is 0.279.